The first-order valence-corrected chi connectivity index (χ1v) is 7.63. The van der Waals surface area contributed by atoms with E-state index in [9.17, 15) is 9.18 Å². The van der Waals surface area contributed by atoms with E-state index in [1.165, 1.54) is 38.2 Å². The fourth-order valence-electron chi connectivity index (χ4n) is 3.02. The lowest BCUT2D eigenvalue weighted by Gasteiger charge is -2.26. The Kier molecular flexibility index (Phi) is 5.72. The Hall–Kier alpha value is -1.22. The summed E-state index contributed by atoms with van der Waals surface area (Å²) in [6, 6.07) is 6.24. The number of ketones is 1. The van der Waals surface area contributed by atoms with E-state index in [-0.39, 0.29) is 11.3 Å². The van der Waals surface area contributed by atoms with E-state index >= 15 is 0 Å². The van der Waals surface area contributed by atoms with Crippen molar-refractivity contribution in [1.29, 1.82) is 0 Å². The van der Waals surface area contributed by atoms with Gasteiger partial charge in [-0.3, -0.25) is 4.79 Å². The van der Waals surface area contributed by atoms with E-state index in [1.807, 2.05) is 0 Å². The third-order valence-electron chi connectivity index (χ3n) is 4.19. The molecule has 0 spiro atoms. The summed E-state index contributed by atoms with van der Waals surface area (Å²) in [5, 5.41) is 0. The molecule has 1 aliphatic rings. The number of carbonyl (C=O) groups is 1. The molecule has 0 atom stereocenters. The Bertz CT molecular complexity index is 440. The maximum atomic E-state index is 13.5. The lowest BCUT2D eigenvalue weighted by molar-refractivity contribution is 0.0960. The molecule has 1 aromatic carbocycles. The minimum absolute atomic E-state index is 0.0985. The molecule has 0 radical (unpaired) electrons. The van der Waals surface area contributed by atoms with Crippen LogP contribution in [0, 0.1) is 11.7 Å². The molecule has 0 saturated heterocycles. The van der Waals surface area contributed by atoms with Gasteiger partial charge in [0.05, 0.1) is 5.56 Å². The predicted octanol–water partition coefficient (Wildman–Crippen LogP) is 3.91. The molecule has 0 aliphatic heterocycles. The number of benzene rings is 1. The highest BCUT2D eigenvalue weighted by Gasteiger charge is 2.16. The first-order chi connectivity index (χ1) is 9.66. The van der Waals surface area contributed by atoms with E-state index in [2.05, 4.69) is 11.9 Å². The molecule has 3 heteroatoms. The topological polar surface area (TPSA) is 20.3 Å². The second-order valence-electron chi connectivity index (χ2n) is 5.92. The Morgan fingerprint density at radius 3 is 2.65 bits per heavy atom. The lowest BCUT2D eigenvalue weighted by atomic mass is 9.89. The van der Waals surface area contributed by atoms with Crippen molar-refractivity contribution in [3.05, 3.63) is 35.6 Å². The van der Waals surface area contributed by atoms with Crippen molar-refractivity contribution >= 4 is 5.78 Å². The van der Waals surface area contributed by atoms with Crippen molar-refractivity contribution in [1.82, 2.24) is 4.90 Å². The Morgan fingerprint density at radius 2 is 1.95 bits per heavy atom. The van der Waals surface area contributed by atoms with Crippen molar-refractivity contribution in [2.45, 2.75) is 38.5 Å². The summed E-state index contributed by atoms with van der Waals surface area (Å²) in [7, 11) is 2.06. The third-order valence-corrected chi connectivity index (χ3v) is 4.19. The van der Waals surface area contributed by atoms with Gasteiger partial charge in [0.1, 0.15) is 5.82 Å². The standard InChI is InChI=1S/C17H24FNO/c1-19(13-14-7-3-2-4-8-14)12-11-17(20)15-9-5-6-10-16(15)18/h5-6,9-10,14H,2-4,7-8,11-13H2,1H3. The summed E-state index contributed by atoms with van der Waals surface area (Å²) in [5.74, 6) is 0.267. The zero-order chi connectivity index (χ0) is 14.4. The molecule has 0 heterocycles. The predicted molar refractivity (Wildman–Crippen MR) is 79.4 cm³/mol. The zero-order valence-corrected chi connectivity index (χ0v) is 12.3. The van der Waals surface area contributed by atoms with Crippen LogP contribution in [0.3, 0.4) is 0 Å². The molecule has 20 heavy (non-hydrogen) atoms. The number of rotatable bonds is 6. The van der Waals surface area contributed by atoms with Crippen LogP contribution in [0.4, 0.5) is 4.39 Å². The summed E-state index contributed by atoms with van der Waals surface area (Å²) in [6.45, 7) is 1.77. The minimum Gasteiger partial charge on any atom is -0.306 e. The van der Waals surface area contributed by atoms with E-state index < -0.39 is 5.82 Å². The maximum Gasteiger partial charge on any atom is 0.167 e. The molecular formula is C17H24FNO. The number of nitrogens with zero attached hydrogens (tertiary/aromatic N) is 1. The molecular weight excluding hydrogens is 253 g/mol. The van der Waals surface area contributed by atoms with Gasteiger partial charge in [0.15, 0.2) is 5.78 Å². The molecule has 0 amide bonds. The first kappa shape index (κ1) is 15.2. The van der Waals surface area contributed by atoms with Gasteiger partial charge in [-0.25, -0.2) is 4.39 Å². The molecule has 110 valence electrons. The molecule has 0 aromatic heterocycles. The summed E-state index contributed by atoms with van der Waals surface area (Å²) in [6.07, 6.45) is 7.06. The summed E-state index contributed by atoms with van der Waals surface area (Å²) >= 11 is 0. The zero-order valence-electron chi connectivity index (χ0n) is 12.3. The smallest absolute Gasteiger partial charge is 0.167 e. The van der Waals surface area contributed by atoms with Crippen molar-refractivity contribution < 1.29 is 9.18 Å². The number of halogens is 1. The molecule has 0 N–H and O–H groups in total. The lowest BCUT2D eigenvalue weighted by Crippen LogP contribution is -2.29. The van der Waals surface area contributed by atoms with E-state index in [0.29, 0.717) is 13.0 Å². The van der Waals surface area contributed by atoms with Crippen LogP contribution in [0.2, 0.25) is 0 Å². The van der Waals surface area contributed by atoms with Crippen molar-refractivity contribution in [3.63, 3.8) is 0 Å². The summed E-state index contributed by atoms with van der Waals surface area (Å²) < 4.78 is 13.5. The average Bonchev–Trinajstić information content (AvgIpc) is 2.46. The monoisotopic (exact) mass is 277 g/mol. The van der Waals surface area contributed by atoms with Gasteiger partial charge >= 0.3 is 0 Å². The van der Waals surface area contributed by atoms with Crippen LogP contribution in [0.25, 0.3) is 0 Å². The highest BCUT2D eigenvalue weighted by molar-refractivity contribution is 5.96. The Morgan fingerprint density at radius 1 is 1.25 bits per heavy atom. The first-order valence-electron chi connectivity index (χ1n) is 7.63. The number of hydrogen-bond donors (Lipinski definition) is 0. The maximum absolute atomic E-state index is 13.5. The molecule has 2 rings (SSSR count). The number of Topliss-reactive ketones (excluding diaryl/α,β-unsaturated/α-hetero) is 1. The van der Waals surface area contributed by atoms with Crippen molar-refractivity contribution in [3.8, 4) is 0 Å². The molecule has 0 unspecified atom stereocenters. The van der Waals surface area contributed by atoms with Crippen molar-refractivity contribution in [2.75, 3.05) is 20.1 Å². The second-order valence-corrected chi connectivity index (χ2v) is 5.92. The SMILES string of the molecule is CN(CCC(=O)c1ccccc1F)CC1CCCCC1. The minimum atomic E-state index is -0.410. The second kappa shape index (κ2) is 7.53. The van der Waals surface area contributed by atoms with E-state index in [0.717, 1.165) is 12.5 Å². The largest absolute Gasteiger partial charge is 0.306 e. The van der Waals surface area contributed by atoms with Gasteiger partial charge < -0.3 is 4.90 Å². The molecule has 1 aromatic rings. The van der Waals surface area contributed by atoms with Gasteiger partial charge in [-0.2, -0.15) is 0 Å². The van der Waals surface area contributed by atoms with Gasteiger partial charge in [-0.1, -0.05) is 31.4 Å². The quantitative estimate of drug-likeness (QED) is 0.735. The molecule has 1 fully saturated rings. The van der Waals surface area contributed by atoms with E-state index in [1.54, 1.807) is 18.2 Å². The fraction of sp³-hybridized carbons (Fsp3) is 0.588. The van der Waals surface area contributed by atoms with Gasteiger partial charge in [-0.05, 0) is 37.9 Å². The summed E-state index contributed by atoms with van der Waals surface area (Å²) in [5.41, 5.74) is 0.221. The highest BCUT2D eigenvalue weighted by Crippen LogP contribution is 2.24. The van der Waals surface area contributed by atoms with Crippen molar-refractivity contribution in [2.24, 2.45) is 5.92 Å². The average molecular weight is 277 g/mol. The molecule has 0 bridgehead atoms. The van der Waals surface area contributed by atoms with Crippen LogP contribution in [-0.2, 0) is 0 Å². The third kappa shape index (κ3) is 4.41. The van der Waals surface area contributed by atoms with Gasteiger partial charge in [-0.15, -0.1) is 0 Å². The molecule has 2 nitrogen and oxygen atoms in total. The highest BCUT2D eigenvalue weighted by atomic mass is 19.1. The molecule has 1 aliphatic carbocycles. The van der Waals surface area contributed by atoms with Crippen LogP contribution >= 0.6 is 0 Å². The summed E-state index contributed by atoms with van der Waals surface area (Å²) in [4.78, 5) is 14.2. The van der Waals surface area contributed by atoms with Crippen LogP contribution in [0.15, 0.2) is 24.3 Å². The van der Waals surface area contributed by atoms with Gasteiger partial charge in [0.25, 0.3) is 0 Å². The van der Waals surface area contributed by atoms with Crippen LogP contribution in [-0.4, -0.2) is 30.8 Å². The molecule has 1 saturated carbocycles. The van der Waals surface area contributed by atoms with Crippen LogP contribution in [0.5, 0.6) is 0 Å². The van der Waals surface area contributed by atoms with Gasteiger partial charge in [0, 0.05) is 19.5 Å². The van der Waals surface area contributed by atoms with Gasteiger partial charge in [0.2, 0.25) is 0 Å². The number of carbonyl (C=O) groups excluding carboxylic acids is 1. The fourth-order valence-corrected chi connectivity index (χ4v) is 3.02. The van der Waals surface area contributed by atoms with Crippen LogP contribution < -0.4 is 0 Å². The van der Waals surface area contributed by atoms with E-state index in [4.69, 9.17) is 0 Å². The number of hydrogen-bond acceptors (Lipinski definition) is 2. The normalized spacial score (nSPS) is 16.6. The van der Waals surface area contributed by atoms with Crippen LogP contribution in [0.1, 0.15) is 48.9 Å². The Balaban J connectivity index is 1.76. The Labute approximate surface area is 121 Å².